The molecule has 29 heavy (non-hydrogen) atoms. The molecule has 1 saturated carbocycles. The minimum absolute atomic E-state index is 0.0423. The van der Waals surface area contributed by atoms with E-state index in [0.29, 0.717) is 24.8 Å². The van der Waals surface area contributed by atoms with E-state index in [1.54, 1.807) is 12.1 Å². The Morgan fingerprint density at radius 3 is 2.66 bits per heavy atom. The number of hydrogen-bond acceptors (Lipinski definition) is 6. The van der Waals surface area contributed by atoms with Gasteiger partial charge in [0.25, 0.3) is 0 Å². The predicted octanol–water partition coefficient (Wildman–Crippen LogP) is 2.02. The summed E-state index contributed by atoms with van der Waals surface area (Å²) in [6.45, 7) is 2.81. The van der Waals surface area contributed by atoms with E-state index in [1.165, 1.54) is 6.07 Å². The number of nitrogens with two attached hydrogens (primary N) is 1. The Bertz CT molecular complexity index is 734. The number of carboxylic acid groups (broad SMARTS) is 1. The van der Waals surface area contributed by atoms with Crippen molar-refractivity contribution in [3.8, 4) is 5.75 Å². The molecule has 8 heteroatoms. The lowest BCUT2D eigenvalue weighted by molar-refractivity contribution is -0.120. The van der Waals surface area contributed by atoms with Crippen molar-refractivity contribution in [2.24, 2.45) is 11.7 Å². The van der Waals surface area contributed by atoms with Crippen LogP contribution in [0.1, 0.15) is 61.4 Å². The number of para-hydroxylation sites is 1. The maximum absolute atomic E-state index is 12.6. The van der Waals surface area contributed by atoms with E-state index in [-0.39, 0.29) is 35.4 Å². The molecule has 1 aliphatic carbocycles. The lowest BCUT2D eigenvalue weighted by Gasteiger charge is -2.30. The number of carbonyl (C=O) groups excluding carboxylic acids is 1. The summed E-state index contributed by atoms with van der Waals surface area (Å²) in [4.78, 5) is 23.9. The zero-order chi connectivity index (χ0) is 21.0. The smallest absolute Gasteiger partial charge is 0.526 e. The van der Waals surface area contributed by atoms with Crippen LogP contribution >= 0.6 is 0 Å². The van der Waals surface area contributed by atoms with Crippen molar-refractivity contribution in [3.05, 3.63) is 29.3 Å². The molecule has 0 saturated heterocycles. The first-order chi connectivity index (χ1) is 13.8. The van der Waals surface area contributed by atoms with Crippen LogP contribution in [0.3, 0.4) is 0 Å². The first-order valence-electron chi connectivity index (χ1n) is 10.5. The van der Waals surface area contributed by atoms with Crippen molar-refractivity contribution in [1.82, 2.24) is 5.32 Å². The molecule has 7 nitrogen and oxygen atoms in total. The quantitative estimate of drug-likeness (QED) is 0.491. The molecule has 1 aliphatic heterocycles. The number of fused-ring (bicyclic) bond motifs is 1. The third kappa shape index (κ3) is 5.81. The second-order valence-electron chi connectivity index (χ2n) is 8.62. The zero-order valence-electron chi connectivity index (χ0n) is 17.0. The standard InChI is InChI=1S/C21H31BN2O5/c1-13(23)12-24-17-7-5-14(6-8-17)9-18(25)11-16-10-15-3-2-4-19(21(26)27)20(15)29-22(16)28/h2-4,13-14,16-17,24,28H,5-12,23H2,1H3,(H,26,27)/t13-,14?,16+,17?/m0/s1. The van der Waals surface area contributed by atoms with Crippen molar-refractivity contribution in [1.29, 1.82) is 0 Å². The number of carboxylic acids is 1. The Hall–Kier alpha value is -1.90. The molecule has 1 aromatic carbocycles. The van der Waals surface area contributed by atoms with Gasteiger partial charge in [-0.25, -0.2) is 4.79 Å². The number of ketones is 1. The molecule has 0 unspecified atom stereocenters. The number of nitrogens with one attached hydrogen (secondary N) is 1. The molecule has 0 bridgehead atoms. The van der Waals surface area contributed by atoms with Gasteiger partial charge in [0.05, 0.1) is 5.56 Å². The van der Waals surface area contributed by atoms with E-state index >= 15 is 0 Å². The van der Waals surface area contributed by atoms with E-state index in [4.69, 9.17) is 10.4 Å². The number of benzene rings is 1. The van der Waals surface area contributed by atoms with Gasteiger partial charge < -0.3 is 25.8 Å². The van der Waals surface area contributed by atoms with Gasteiger partial charge in [-0.05, 0) is 56.6 Å². The number of Topliss-reactive ketones (excluding diaryl/α,β-unsaturated/α-hetero) is 1. The van der Waals surface area contributed by atoms with Crippen LogP contribution in [-0.4, -0.2) is 47.6 Å². The lowest BCUT2D eigenvalue weighted by Crippen LogP contribution is -2.40. The minimum Gasteiger partial charge on any atom is -0.535 e. The van der Waals surface area contributed by atoms with E-state index in [9.17, 15) is 19.7 Å². The van der Waals surface area contributed by atoms with Crippen LogP contribution in [0.15, 0.2) is 18.2 Å². The van der Waals surface area contributed by atoms with Crippen LogP contribution in [0.5, 0.6) is 5.75 Å². The molecular formula is C21H31BN2O5. The van der Waals surface area contributed by atoms with E-state index in [0.717, 1.165) is 37.8 Å². The number of carbonyl (C=O) groups is 2. The molecule has 0 spiro atoms. The Labute approximate surface area is 172 Å². The second kappa shape index (κ2) is 9.74. The molecule has 158 valence electrons. The highest BCUT2D eigenvalue weighted by molar-refractivity contribution is 6.47. The van der Waals surface area contributed by atoms with E-state index < -0.39 is 13.1 Å². The fraction of sp³-hybridized carbons (Fsp3) is 0.619. The van der Waals surface area contributed by atoms with E-state index in [2.05, 4.69) is 5.32 Å². The van der Waals surface area contributed by atoms with E-state index in [1.807, 2.05) is 6.92 Å². The molecule has 2 atom stereocenters. The number of hydrogen-bond donors (Lipinski definition) is 4. The van der Waals surface area contributed by atoms with Crippen molar-refractivity contribution in [3.63, 3.8) is 0 Å². The van der Waals surface area contributed by atoms with Gasteiger partial charge in [-0.3, -0.25) is 4.79 Å². The maximum Gasteiger partial charge on any atom is 0.526 e. The third-order valence-corrected chi connectivity index (χ3v) is 6.03. The highest BCUT2D eigenvalue weighted by Gasteiger charge is 2.38. The lowest BCUT2D eigenvalue weighted by atomic mass is 9.64. The molecule has 1 fully saturated rings. The van der Waals surface area contributed by atoms with Gasteiger partial charge in [-0.1, -0.05) is 12.1 Å². The summed E-state index contributed by atoms with van der Waals surface area (Å²) in [7, 11) is -1.16. The normalized spacial score (nSPS) is 25.1. The molecule has 1 aromatic rings. The summed E-state index contributed by atoms with van der Waals surface area (Å²) >= 11 is 0. The largest absolute Gasteiger partial charge is 0.535 e. The molecule has 0 aromatic heterocycles. The van der Waals surface area contributed by atoms with Crippen LogP contribution in [0, 0.1) is 5.92 Å². The summed E-state index contributed by atoms with van der Waals surface area (Å²) in [6.07, 6.45) is 5.40. The molecular weight excluding hydrogens is 371 g/mol. The highest BCUT2D eigenvalue weighted by atomic mass is 16.5. The fourth-order valence-electron chi connectivity index (χ4n) is 4.45. The van der Waals surface area contributed by atoms with Crippen LogP contribution in [-0.2, 0) is 11.2 Å². The Kier molecular flexibility index (Phi) is 7.32. The van der Waals surface area contributed by atoms with Crippen LogP contribution in [0.2, 0.25) is 5.82 Å². The van der Waals surface area contributed by atoms with Gasteiger partial charge in [-0.15, -0.1) is 0 Å². The first kappa shape index (κ1) is 21.8. The van der Waals surface area contributed by atoms with Gasteiger partial charge in [-0.2, -0.15) is 0 Å². The second-order valence-corrected chi connectivity index (χ2v) is 8.62. The van der Waals surface area contributed by atoms with Gasteiger partial charge in [0.2, 0.25) is 0 Å². The molecule has 5 N–H and O–H groups in total. The van der Waals surface area contributed by atoms with Gasteiger partial charge in [0.15, 0.2) is 0 Å². The van der Waals surface area contributed by atoms with Crippen LogP contribution < -0.4 is 15.7 Å². The van der Waals surface area contributed by atoms with Crippen molar-refractivity contribution in [2.45, 2.75) is 69.8 Å². The molecule has 0 amide bonds. The average Bonchev–Trinajstić information content (AvgIpc) is 2.67. The third-order valence-electron chi connectivity index (χ3n) is 6.03. The van der Waals surface area contributed by atoms with Crippen molar-refractivity contribution >= 4 is 18.9 Å². The first-order valence-corrected chi connectivity index (χ1v) is 10.5. The van der Waals surface area contributed by atoms with Gasteiger partial charge in [0.1, 0.15) is 11.5 Å². The molecule has 1 heterocycles. The minimum atomic E-state index is -1.16. The van der Waals surface area contributed by atoms with Crippen molar-refractivity contribution < 1.29 is 24.4 Å². The van der Waals surface area contributed by atoms with Gasteiger partial charge >= 0.3 is 13.1 Å². The number of rotatable bonds is 8. The summed E-state index contributed by atoms with van der Waals surface area (Å²) in [6, 6.07) is 5.55. The fourth-order valence-corrected chi connectivity index (χ4v) is 4.45. The molecule has 3 rings (SSSR count). The topological polar surface area (TPSA) is 122 Å². The Morgan fingerprint density at radius 1 is 1.28 bits per heavy atom. The Morgan fingerprint density at radius 2 is 2.00 bits per heavy atom. The summed E-state index contributed by atoms with van der Waals surface area (Å²) in [5.41, 5.74) is 6.56. The number of aromatic carboxylic acids is 1. The van der Waals surface area contributed by atoms with Crippen molar-refractivity contribution in [2.75, 3.05) is 6.54 Å². The van der Waals surface area contributed by atoms with Crippen LogP contribution in [0.4, 0.5) is 0 Å². The molecule has 0 radical (unpaired) electrons. The monoisotopic (exact) mass is 402 g/mol. The average molecular weight is 402 g/mol. The summed E-state index contributed by atoms with van der Waals surface area (Å²) in [5.74, 6) is -0.683. The maximum atomic E-state index is 12.6. The van der Waals surface area contributed by atoms with Crippen LogP contribution in [0.25, 0.3) is 0 Å². The Balaban J connectivity index is 1.49. The zero-order valence-corrected chi connectivity index (χ0v) is 17.0. The van der Waals surface area contributed by atoms with Gasteiger partial charge in [0, 0.05) is 37.3 Å². The highest BCUT2D eigenvalue weighted by Crippen LogP contribution is 2.37. The summed E-state index contributed by atoms with van der Waals surface area (Å²) < 4.78 is 5.49. The SMILES string of the molecule is C[C@H](N)CNC1CCC(CC(=O)C[C@H]2Cc3cccc(C(=O)O)c3OB2O)CC1. The summed E-state index contributed by atoms with van der Waals surface area (Å²) in [5, 5.41) is 23.1. The predicted molar refractivity (Wildman–Crippen MR) is 111 cm³/mol. The molecule has 2 aliphatic rings.